The van der Waals surface area contributed by atoms with Crippen molar-refractivity contribution in [3.8, 4) is 5.69 Å². The van der Waals surface area contributed by atoms with Crippen molar-refractivity contribution >= 4 is 17.6 Å². The lowest BCUT2D eigenvalue weighted by molar-refractivity contribution is -0.255. The Kier molecular flexibility index (Phi) is 3.16. The number of halogens is 1. The van der Waals surface area contributed by atoms with E-state index in [0.717, 1.165) is 0 Å². The summed E-state index contributed by atoms with van der Waals surface area (Å²) in [6.45, 7) is 1.65. The summed E-state index contributed by atoms with van der Waals surface area (Å²) in [6, 6.07) is 7.84. The highest BCUT2D eigenvalue weighted by Gasteiger charge is 2.08. The van der Waals surface area contributed by atoms with E-state index in [4.69, 9.17) is 11.6 Å². The maximum Gasteiger partial charge on any atom is 0.209 e. The van der Waals surface area contributed by atoms with Crippen LogP contribution in [-0.2, 0) is 0 Å². The van der Waals surface area contributed by atoms with E-state index < -0.39 is 17.1 Å². The molecule has 0 fully saturated rings. The second-order valence-corrected chi connectivity index (χ2v) is 4.11. The SMILES string of the molecule is Cc1cc(=O)c(C(=O)[O-])nn1-c1ccc(Cl)cc1. The first-order chi connectivity index (χ1) is 8.49. The third kappa shape index (κ3) is 2.26. The fraction of sp³-hybridized carbons (Fsp3) is 0.0833. The van der Waals surface area contributed by atoms with Crippen molar-refractivity contribution in [3.05, 3.63) is 57.0 Å². The van der Waals surface area contributed by atoms with Crippen LogP contribution in [0.1, 0.15) is 16.2 Å². The lowest BCUT2D eigenvalue weighted by Gasteiger charge is -2.11. The van der Waals surface area contributed by atoms with E-state index in [1.165, 1.54) is 10.7 Å². The molecule has 0 saturated heterocycles. The minimum absolute atomic E-state index is 0.521. The van der Waals surface area contributed by atoms with Gasteiger partial charge in [-0.3, -0.25) is 4.79 Å². The lowest BCUT2D eigenvalue weighted by Crippen LogP contribution is -2.32. The molecule has 0 amide bonds. The molecule has 0 aliphatic rings. The summed E-state index contributed by atoms with van der Waals surface area (Å²) in [6.07, 6.45) is 0. The molecule has 0 atom stereocenters. The van der Waals surface area contributed by atoms with Gasteiger partial charge >= 0.3 is 0 Å². The average molecular weight is 264 g/mol. The van der Waals surface area contributed by atoms with E-state index >= 15 is 0 Å². The maximum absolute atomic E-state index is 11.4. The number of hydrogen-bond donors (Lipinski definition) is 0. The standard InChI is InChI=1S/C12H9ClN2O3/c1-7-6-10(16)11(12(17)18)14-15(7)9-4-2-8(13)3-5-9/h2-6H,1H3,(H,17,18)/p-1. The number of carbonyl (C=O) groups is 1. The third-order valence-electron chi connectivity index (χ3n) is 2.37. The minimum Gasteiger partial charge on any atom is -0.543 e. The molecular formula is C12H8ClN2O3-. The summed E-state index contributed by atoms with van der Waals surface area (Å²) < 4.78 is 1.35. The van der Waals surface area contributed by atoms with Crippen LogP contribution in [0.5, 0.6) is 0 Å². The number of carboxylic acid groups (broad SMARTS) is 1. The summed E-state index contributed by atoms with van der Waals surface area (Å²) in [4.78, 5) is 22.2. The predicted molar refractivity (Wildman–Crippen MR) is 63.9 cm³/mol. The normalized spacial score (nSPS) is 10.3. The van der Waals surface area contributed by atoms with Crippen LogP contribution in [-0.4, -0.2) is 15.7 Å². The number of nitrogens with zero attached hydrogens (tertiary/aromatic N) is 2. The molecule has 0 aliphatic heterocycles. The van der Waals surface area contributed by atoms with Crippen LogP contribution in [0.25, 0.3) is 5.69 Å². The molecule has 1 aromatic heterocycles. The second-order valence-electron chi connectivity index (χ2n) is 3.67. The molecule has 92 valence electrons. The maximum atomic E-state index is 11.4. The van der Waals surface area contributed by atoms with Gasteiger partial charge in [-0.05, 0) is 31.2 Å². The van der Waals surface area contributed by atoms with Crippen molar-refractivity contribution in [2.45, 2.75) is 6.92 Å². The van der Waals surface area contributed by atoms with Crippen LogP contribution in [0, 0.1) is 6.92 Å². The van der Waals surface area contributed by atoms with Crippen molar-refractivity contribution in [1.29, 1.82) is 0 Å². The number of aryl methyl sites for hydroxylation is 1. The zero-order valence-electron chi connectivity index (χ0n) is 9.38. The quantitative estimate of drug-likeness (QED) is 0.793. The number of aromatic nitrogens is 2. The molecule has 0 bridgehead atoms. The lowest BCUT2D eigenvalue weighted by atomic mass is 10.3. The Bertz CT molecular complexity index is 662. The molecule has 2 aromatic rings. The van der Waals surface area contributed by atoms with Gasteiger partial charge in [0.25, 0.3) is 0 Å². The van der Waals surface area contributed by atoms with Gasteiger partial charge in [0.05, 0.1) is 11.7 Å². The monoisotopic (exact) mass is 263 g/mol. The number of rotatable bonds is 2. The molecule has 0 unspecified atom stereocenters. The van der Waals surface area contributed by atoms with Gasteiger partial charge in [0.2, 0.25) is 5.43 Å². The molecule has 6 heteroatoms. The van der Waals surface area contributed by atoms with E-state index in [0.29, 0.717) is 16.4 Å². The number of carbonyl (C=O) groups excluding carboxylic acids is 1. The van der Waals surface area contributed by atoms with Crippen molar-refractivity contribution in [2.24, 2.45) is 0 Å². The van der Waals surface area contributed by atoms with Gasteiger partial charge in [-0.25, -0.2) is 4.68 Å². The van der Waals surface area contributed by atoms with Crippen LogP contribution < -0.4 is 10.5 Å². The van der Waals surface area contributed by atoms with Gasteiger partial charge < -0.3 is 9.90 Å². The highest BCUT2D eigenvalue weighted by Crippen LogP contribution is 2.13. The molecule has 1 aromatic carbocycles. The highest BCUT2D eigenvalue weighted by molar-refractivity contribution is 6.30. The Morgan fingerprint density at radius 1 is 1.33 bits per heavy atom. The van der Waals surface area contributed by atoms with E-state index in [-0.39, 0.29) is 0 Å². The molecule has 0 radical (unpaired) electrons. The summed E-state index contributed by atoms with van der Waals surface area (Å²) in [7, 11) is 0. The smallest absolute Gasteiger partial charge is 0.209 e. The fourth-order valence-corrected chi connectivity index (χ4v) is 1.66. The fourth-order valence-electron chi connectivity index (χ4n) is 1.53. The van der Waals surface area contributed by atoms with Crippen LogP contribution in [0.4, 0.5) is 0 Å². The largest absolute Gasteiger partial charge is 0.543 e. The second kappa shape index (κ2) is 4.62. The van der Waals surface area contributed by atoms with Gasteiger partial charge in [-0.2, -0.15) is 5.10 Å². The Morgan fingerprint density at radius 2 is 1.94 bits per heavy atom. The van der Waals surface area contributed by atoms with Crippen molar-refractivity contribution in [3.63, 3.8) is 0 Å². The van der Waals surface area contributed by atoms with Crippen molar-refractivity contribution in [1.82, 2.24) is 9.78 Å². The highest BCUT2D eigenvalue weighted by atomic mass is 35.5. The van der Waals surface area contributed by atoms with E-state index in [2.05, 4.69) is 5.10 Å². The van der Waals surface area contributed by atoms with Gasteiger partial charge in [-0.1, -0.05) is 11.6 Å². The molecule has 1 heterocycles. The first-order valence-electron chi connectivity index (χ1n) is 5.07. The Balaban J connectivity index is 2.64. The van der Waals surface area contributed by atoms with E-state index in [1.807, 2.05) is 0 Å². The number of benzene rings is 1. The topological polar surface area (TPSA) is 75.0 Å². The molecular weight excluding hydrogens is 256 g/mol. The third-order valence-corrected chi connectivity index (χ3v) is 2.62. The number of aromatic carboxylic acids is 1. The predicted octanol–water partition coefficient (Wildman–Crippen LogP) is 0.558. The van der Waals surface area contributed by atoms with Crippen LogP contribution in [0.15, 0.2) is 35.1 Å². The first-order valence-corrected chi connectivity index (χ1v) is 5.45. The number of carboxylic acids is 1. The van der Waals surface area contributed by atoms with Crippen LogP contribution >= 0.6 is 11.6 Å². The summed E-state index contributed by atoms with van der Waals surface area (Å²) >= 11 is 5.76. The minimum atomic E-state index is -1.59. The molecule has 0 aliphatic carbocycles. The van der Waals surface area contributed by atoms with Gasteiger partial charge in [0, 0.05) is 16.8 Å². The summed E-state index contributed by atoms with van der Waals surface area (Å²) in [5.74, 6) is -1.59. The zero-order chi connectivity index (χ0) is 13.3. The molecule has 18 heavy (non-hydrogen) atoms. The van der Waals surface area contributed by atoms with Gasteiger partial charge in [0.15, 0.2) is 5.69 Å². The summed E-state index contributed by atoms with van der Waals surface area (Å²) in [5.41, 5.74) is -0.153. The molecule has 5 nitrogen and oxygen atoms in total. The molecule has 2 rings (SSSR count). The van der Waals surface area contributed by atoms with Gasteiger partial charge in [0.1, 0.15) is 0 Å². The van der Waals surface area contributed by atoms with E-state index in [9.17, 15) is 14.7 Å². The zero-order valence-corrected chi connectivity index (χ0v) is 10.1. The Hall–Kier alpha value is -2.14. The van der Waals surface area contributed by atoms with Crippen LogP contribution in [0.2, 0.25) is 5.02 Å². The molecule has 0 spiro atoms. The van der Waals surface area contributed by atoms with Crippen LogP contribution in [0.3, 0.4) is 0 Å². The first kappa shape index (κ1) is 12.3. The average Bonchev–Trinajstić information content (AvgIpc) is 2.30. The Labute approximate surface area is 107 Å². The van der Waals surface area contributed by atoms with Gasteiger partial charge in [-0.15, -0.1) is 0 Å². The van der Waals surface area contributed by atoms with Crippen molar-refractivity contribution in [2.75, 3.05) is 0 Å². The van der Waals surface area contributed by atoms with Crippen molar-refractivity contribution < 1.29 is 9.90 Å². The molecule has 0 N–H and O–H groups in total. The number of hydrogen-bond acceptors (Lipinski definition) is 4. The summed E-state index contributed by atoms with van der Waals surface area (Å²) in [5, 5.41) is 15.1. The van der Waals surface area contributed by atoms with E-state index in [1.54, 1.807) is 31.2 Å². The Morgan fingerprint density at radius 3 is 2.50 bits per heavy atom. The molecule has 0 saturated carbocycles.